The van der Waals surface area contributed by atoms with Crippen LogP contribution in [0.5, 0.6) is 0 Å². The SMILES string of the molecule is COC(=O)C[C@H]1Cc2ccccc2N1C(=O)[C@H](Cc1ccccc1)NC(=O)c1cc2ccccc2[nH]1. The van der Waals surface area contributed by atoms with E-state index in [2.05, 4.69) is 10.3 Å². The first-order valence-corrected chi connectivity index (χ1v) is 11.9. The number of aromatic amines is 1. The zero-order valence-corrected chi connectivity index (χ0v) is 19.9. The Morgan fingerprint density at radius 3 is 2.50 bits per heavy atom. The van der Waals surface area contributed by atoms with Gasteiger partial charge in [-0.05, 0) is 35.7 Å². The van der Waals surface area contributed by atoms with Gasteiger partial charge < -0.3 is 19.9 Å². The topological polar surface area (TPSA) is 91.5 Å². The molecule has 1 aromatic heterocycles. The van der Waals surface area contributed by atoms with Crippen molar-refractivity contribution in [3.63, 3.8) is 0 Å². The summed E-state index contributed by atoms with van der Waals surface area (Å²) in [6.07, 6.45) is 0.936. The fourth-order valence-corrected chi connectivity index (χ4v) is 4.85. The monoisotopic (exact) mass is 481 g/mol. The maximum atomic E-state index is 14.1. The van der Waals surface area contributed by atoms with Gasteiger partial charge in [0.25, 0.3) is 5.91 Å². The molecule has 0 radical (unpaired) electrons. The van der Waals surface area contributed by atoms with Crippen molar-refractivity contribution in [2.75, 3.05) is 12.0 Å². The number of ether oxygens (including phenoxy) is 1. The number of hydrogen-bond acceptors (Lipinski definition) is 4. The van der Waals surface area contributed by atoms with Crippen LogP contribution in [0.15, 0.2) is 84.9 Å². The summed E-state index contributed by atoms with van der Waals surface area (Å²) in [5.41, 5.74) is 3.90. The Bertz CT molecular complexity index is 1380. The molecule has 36 heavy (non-hydrogen) atoms. The van der Waals surface area contributed by atoms with E-state index in [4.69, 9.17) is 4.74 Å². The van der Waals surface area contributed by atoms with Crippen molar-refractivity contribution in [3.05, 3.63) is 102 Å². The van der Waals surface area contributed by atoms with Gasteiger partial charge in [-0.15, -0.1) is 0 Å². The minimum atomic E-state index is -0.836. The third kappa shape index (κ3) is 4.73. The molecular weight excluding hydrogens is 454 g/mol. The number of esters is 1. The molecule has 7 nitrogen and oxygen atoms in total. The Morgan fingerprint density at radius 2 is 1.72 bits per heavy atom. The van der Waals surface area contributed by atoms with Gasteiger partial charge in [0.05, 0.1) is 19.6 Å². The summed E-state index contributed by atoms with van der Waals surface area (Å²) in [5, 5.41) is 3.88. The number of hydrogen-bond donors (Lipinski definition) is 2. The number of methoxy groups -OCH3 is 1. The molecule has 1 aliphatic rings. The Kier molecular flexibility index (Phi) is 6.54. The molecule has 2 N–H and O–H groups in total. The van der Waals surface area contributed by atoms with Gasteiger partial charge in [-0.25, -0.2) is 0 Å². The van der Waals surface area contributed by atoms with Gasteiger partial charge in [-0.1, -0.05) is 66.7 Å². The molecule has 7 heteroatoms. The van der Waals surface area contributed by atoms with Crippen LogP contribution in [0.25, 0.3) is 10.9 Å². The standard InChI is InChI=1S/C29H27N3O4/c1-36-27(33)18-22-16-21-12-6-8-14-26(21)32(22)29(35)25(15-19-9-3-2-4-10-19)31-28(34)24-17-20-11-5-7-13-23(20)30-24/h2-14,17,22,25,30H,15-16,18H2,1H3,(H,31,34)/t22-,25+/m1/s1. The highest BCUT2D eigenvalue weighted by molar-refractivity contribution is 6.05. The molecule has 3 aromatic carbocycles. The number of nitrogens with one attached hydrogen (secondary N) is 2. The fourth-order valence-electron chi connectivity index (χ4n) is 4.85. The van der Waals surface area contributed by atoms with Crippen LogP contribution in [0.2, 0.25) is 0 Å². The van der Waals surface area contributed by atoms with Crippen molar-refractivity contribution >= 4 is 34.4 Å². The maximum absolute atomic E-state index is 14.1. The lowest BCUT2D eigenvalue weighted by Crippen LogP contribution is -2.52. The zero-order valence-electron chi connectivity index (χ0n) is 19.9. The lowest BCUT2D eigenvalue weighted by Gasteiger charge is -2.29. The number of H-pyrrole nitrogens is 1. The third-order valence-electron chi connectivity index (χ3n) is 6.60. The summed E-state index contributed by atoms with van der Waals surface area (Å²) < 4.78 is 4.90. The van der Waals surface area contributed by atoms with Crippen LogP contribution < -0.4 is 10.2 Å². The average Bonchev–Trinajstić information content (AvgIpc) is 3.50. The van der Waals surface area contributed by atoms with Crippen molar-refractivity contribution in [1.29, 1.82) is 0 Å². The number of carbonyl (C=O) groups excluding carboxylic acids is 3. The predicted molar refractivity (Wildman–Crippen MR) is 138 cm³/mol. The second-order valence-corrected chi connectivity index (χ2v) is 8.96. The Morgan fingerprint density at radius 1 is 1.00 bits per heavy atom. The largest absolute Gasteiger partial charge is 0.469 e. The molecule has 0 bridgehead atoms. The van der Waals surface area contributed by atoms with Crippen LogP contribution in [0.4, 0.5) is 5.69 Å². The second kappa shape index (κ2) is 10.1. The molecular formula is C29H27N3O4. The van der Waals surface area contributed by atoms with Gasteiger partial charge in [0.15, 0.2) is 0 Å². The van der Waals surface area contributed by atoms with Crippen LogP contribution >= 0.6 is 0 Å². The summed E-state index contributed by atoms with van der Waals surface area (Å²) >= 11 is 0. The van der Waals surface area contributed by atoms with E-state index < -0.39 is 6.04 Å². The number of rotatable bonds is 7. The molecule has 1 aliphatic heterocycles. The Balaban J connectivity index is 1.47. The van der Waals surface area contributed by atoms with E-state index in [1.54, 1.807) is 11.0 Å². The highest BCUT2D eigenvalue weighted by atomic mass is 16.5. The van der Waals surface area contributed by atoms with E-state index in [1.165, 1.54) is 7.11 Å². The van der Waals surface area contributed by atoms with Gasteiger partial charge in [-0.2, -0.15) is 0 Å². The predicted octanol–water partition coefficient (Wildman–Crippen LogP) is 4.03. The highest BCUT2D eigenvalue weighted by Gasteiger charge is 2.38. The second-order valence-electron chi connectivity index (χ2n) is 8.96. The number of amides is 2. The molecule has 0 aliphatic carbocycles. The molecule has 0 spiro atoms. The number of benzene rings is 3. The van der Waals surface area contributed by atoms with Crippen molar-refractivity contribution in [3.8, 4) is 0 Å². The molecule has 182 valence electrons. The smallest absolute Gasteiger partial charge is 0.307 e. The molecule has 4 aromatic rings. The quantitative estimate of drug-likeness (QED) is 0.390. The van der Waals surface area contributed by atoms with Gasteiger partial charge in [0.1, 0.15) is 11.7 Å². The van der Waals surface area contributed by atoms with Crippen LogP contribution in [-0.2, 0) is 27.2 Å². The van der Waals surface area contributed by atoms with E-state index in [0.717, 1.165) is 27.7 Å². The Hall–Kier alpha value is -4.39. The first kappa shape index (κ1) is 23.4. The number of para-hydroxylation sites is 2. The molecule has 2 amide bonds. The summed E-state index contributed by atoms with van der Waals surface area (Å²) in [6.45, 7) is 0. The zero-order chi connectivity index (χ0) is 25.1. The van der Waals surface area contributed by atoms with E-state index in [0.29, 0.717) is 18.5 Å². The molecule has 0 fully saturated rings. The van der Waals surface area contributed by atoms with Crippen molar-refractivity contribution in [2.24, 2.45) is 0 Å². The number of fused-ring (bicyclic) bond motifs is 2. The van der Waals surface area contributed by atoms with E-state index in [9.17, 15) is 14.4 Å². The van der Waals surface area contributed by atoms with Crippen molar-refractivity contribution in [1.82, 2.24) is 10.3 Å². The molecule has 0 saturated heterocycles. The minimum absolute atomic E-state index is 0.0743. The van der Waals surface area contributed by atoms with Gasteiger partial charge in [0, 0.05) is 23.0 Å². The molecule has 0 unspecified atom stereocenters. The van der Waals surface area contributed by atoms with Crippen LogP contribution in [0.1, 0.15) is 28.0 Å². The van der Waals surface area contributed by atoms with Gasteiger partial charge in [-0.3, -0.25) is 14.4 Å². The minimum Gasteiger partial charge on any atom is -0.469 e. The van der Waals surface area contributed by atoms with Crippen LogP contribution in [0.3, 0.4) is 0 Å². The number of carbonyl (C=O) groups is 3. The summed E-state index contributed by atoms with van der Waals surface area (Å²) in [4.78, 5) is 44.3. The molecule has 2 heterocycles. The van der Waals surface area contributed by atoms with Gasteiger partial charge in [0.2, 0.25) is 5.91 Å². The van der Waals surface area contributed by atoms with Crippen molar-refractivity contribution in [2.45, 2.75) is 31.3 Å². The van der Waals surface area contributed by atoms with Crippen LogP contribution in [0, 0.1) is 0 Å². The first-order valence-electron chi connectivity index (χ1n) is 11.9. The van der Waals surface area contributed by atoms with Crippen LogP contribution in [-0.4, -0.2) is 42.0 Å². The lowest BCUT2D eigenvalue weighted by atomic mass is 10.0. The molecule has 2 atom stereocenters. The third-order valence-corrected chi connectivity index (χ3v) is 6.60. The number of anilines is 1. The lowest BCUT2D eigenvalue weighted by molar-refractivity contribution is -0.141. The number of nitrogens with zero attached hydrogens (tertiary/aromatic N) is 1. The summed E-state index contributed by atoms with van der Waals surface area (Å²) in [7, 11) is 1.34. The normalized spacial score (nSPS) is 15.4. The molecule has 0 saturated carbocycles. The van der Waals surface area contributed by atoms with E-state index in [-0.39, 0.29) is 30.2 Å². The van der Waals surface area contributed by atoms with Gasteiger partial charge >= 0.3 is 5.97 Å². The van der Waals surface area contributed by atoms with Crippen molar-refractivity contribution < 1.29 is 19.1 Å². The fraction of sp³-hybridized carbons (Fsp3) is 0.207. The summed E-state index contributed by atoms with van der Waals surface area (Å²) in [6, 6.07) is 25.4. The highest BCUT2D eigenvalue weighted by Crippen LogP contribution is 2.34. The number of aromatic nitrogens is 1. The van der Waals surface area contributed by atoms with E-state index >= 15 is 0 Å². The first-order chi connectivity index (χ1) is 17.5. The average molecular weight is 482 g/mol. The Labute approximate surface area is 209 Å². The van der Waals surface area contributed by atoms with E-state index in [1.807, 2.05) is 78.9 Å². The maximum Gasteiger partial charge on any atom is 0.307 e. The summed E-state index contributed by atoms with van der Waals surface area (Å²) in [5.74, 6) is -1.01. The molecule has 5 rings (SSSR count).